The summed E-state index contributed by atoms with van der Waals surface area (Å²) in [5, 5.41) is 0.222. The molecule has 5 heteroatoms. The molecule has 2 rings (SSSR count). The van der Waals surface area contributed by atoms with Gasteiger partial charge in [-0.15, -0.1) is 0 Å². The summed E-state index contributed by atoms with van der Waals surface area (Å²) < 4.78 is 6.11. The minimum Gasteiger partial charge on any atom is -0.457 e. The van der Waals surface area contributed by atoms with Crippen LogP contribution in [0.1, 0.15) is 15.9 Å². The maximum atomic E-state index is 11.9. The maximum absolute atomic E-state index is 11.9. The second-order valence-corrected chi connectivity index (χ2v) is 5.11. The zero-order valence-electron chi connectivity index (χ0n) is 9.90. The summed E-state index contributed by atoms with van der Waals surface area (Å²) in [5.41, 5.74) is 7.16. The highest BCUT2D eigenvalue weighted by atomic mass is 79.9. The zero-order chi connectivity index (χ0) is 13.8. The zero-order valence-corrected chi connectivity index (χ0v) is 12.2. The largest absolute Gasteiger partial charge is 0.457 e. The molecule has 2 N–H and O–H groups in total. The summed E-state index contributed by atoms with van der Waals surface area (Å²) in [6, 6.07) is 12.4. The van der Waals surface area contributed by atoms with Gasteiger partial charge in [0.05, 0.1) is 16.3 Å². The molecule has 0 heterocycles. The number of nitrogen functional groups attached to an aromatic ring is 1. The molecule has 19 heavy (non-hydrogen) atoms. The van der Waals surface area contributed by atoms with Gasteiger partial charge in [-0.05, 0) is 18.2 Å². The highest BCUT2D eigenvalue weighted by Crippen LogP contribution is 2.24. The van der Waals surface area contributed by atoms with Gasteiger partial charge in [0.15, 0.2) is 0 Å². The predicted octanol–water partition coefficient (Wildman–Crippen LogP) is 4.04. The van der Waals surface area contributed by atoms with Crippen LogP contribution in [0.15, 0.2) is 46.9 Å². The summed E-state index contributed by atoms with van der Waals surface area (Å²) >= 11 is 9.36. The highest BCUT2D eigenvalue weighted by Gasteiger charge is 2.14. The molecule has 98 valence electrons. The lowest BCUT2D eigenvalue weighted by Crippen LogP contribution is -2.07. The molecular weight excluding hydrogens is 330 g/mol. The summed E-state index contributed by atoms with van der Waals surface area (Å²) in [6.07, 6.45) is 0. The van der Waals surface area contributed by atoms with Crippen molar-refractivity contribution < 1.29 is 9.53 Å². The van der Waals surface area contributed by atoms with Crippen molar-refractivity contribution in [1.29, 1.82) is 0 Å². The number of anilines is 1. The number of halogens is 2. The molecule has 3 nitrogen and oxygen atoms in total. The Bertz CT molecular complexity index is 616. The Balaban J connectivity index is 2.10. The summed E-state index contributed by atoms with van der Waals surface area (Å²) in [5.74, 6) is -0.493. The molecule has 0 spiro atoms. The van der Waals surface area contributed by atoms with Gasteiger partial charge in [-0.25, -0.2) is 4.79 Å². The SMILES string of the molecule is Nc1cccc(C(=O)OCc2ccccc2Br)c1Cl. The van der Waals surface area contributed by atoms with Crippen LogP contribution in [-0.2, 0) is 11.3 Å². The number of hydrogen-bond acceptors (Lipinski definition) is 3. The first kappa shape index (κ1) is 13.9. The maximum Gasteiger partial charge on any atom is 0.340 e. The molecule has 0 aliphatic carbocycles. The normalized spacial score (nSPS) is 10.2. The van der Waals surface area contributed by atoms with Gasteiger partial charge in [-0.1, -0.05) is 51.8 Å². The number of hydrogen-bond donors (Lipinski definition) is 1. The van der Waals surface area contributed by atoms with Gasteiger partial charge in [-0.2, -0.15) is 0 Å². The third-order valence-electron chi connectivity index (χ3n) is 2.57. The lowest BCUT2D eigenvalue weighted by atomic mass is 10.2. The molecule has 0 saturated carbocycles. The lowest BCUT2D eigenvalue weighted by Gasteiger charge is -2.08. The van der Waals surface area contributed by atoms with E-state index < -0.39 is 5.97 Å². The minimum atomic E-state index is -0.493. The standard InChI is InChI=1S/C14H11BrClNO2/c15-11-6-2-1-4-9(11)8-19-14(18)10-5-3-7-12(17)13(10)16/h1-7H,8,17H2. The van der Waals surface area contributed by atoms with Crippen LogP contribution >= 0.6 is 27.5 Å². The van der Waals surface area contributed by atoms with Gasteiger partial charge >= 0.3 is 5.97 Å². The summed E-state index contributed by atoms with van der Waals surface area (Å²) in [4.78, 5) is 11.9. The van der Waals surface area contributed by atoms with Crippen LogP contribution in [-0.4, -0.2) is 5.97 Å². The predicted molar refractivity (Wildman–Crippen MR) is 79.1 cm³/mol. The second kappa shape index (κ2) is 6.08. The van der Waals surface area contributed by atoms with E-state index in [0.717, 1.165) is 10.0 Å². The van der Waals surface area contributed by atoms with Crippen LogP contribution in [0.2, 0.25) is 5.02 Å². The van der Waals surface area contributed by atoms with E-state index >= 15 is 0 Å². The molecule has 0 atom stereocenters. The topological polar surface area (TPSA) is 52.3 Å². The third-order valence-corrected chi connectivity index (χ3v) is 3.76. The Morgan fingerprint density at radius 1 is 1.21 bits per heavy atom. The number of ether oxygens (including phenoxy) is 1. The van der Waals surface area contributed by atoms with Crippen LogP contribution in [0.25, 0.3) is 0 Å². The lowest BCUT2D eigenvalue weighted by molar-refractivity contribution is 0.0472. The average Bonchev–Trinajstić information content (AvgIpc) is 2.40. The molecule has 0 unspecified atom stereocenters. The van der Waals surface area contributed by atoms with Crippen molar-refractivity contribution in [3.8, 4) is 0 Å². The van der Waals surface area contributed by atoms with E-state index in [0.29, 0.717) is 5.69 Å². The van der Waals surface area contributed by atoms with Crippen molar-refractivity contribution in [2.45, 2.75) is 6.61 Å². The van der Waals surface area contributed by atoms with Crippen molar-refractivity contribution in [2.75, 3.05) is 5.73 Å². The third kappa shape index (κ3) is 3.28. The Labute approximate surface area is 124 Å². The number of carbonyl (C=O) groups is 1. The van der Waals surface area contributed by atoms with Crippen LogP contribution in [0.3, 0.4) is 0 Å². The summed E-state index contributed by atoms with van der Waals surface area (Å²) in [6.45, 7) is 0.172. The first-order valence-corrected chi connectivity index (χ1v) is 6.71. The second-order valence-electron chi connectivity index (χ2n) is 3.88. The van der Waals surface area contributed by atoms with E-state index in [1.54, 1.807) is 18.2 Å². The van der Waals surface area contributed by atoms with E-state index in [1.165, 1.54) is 0 Å². The Morgan fingerprint density at radius 3 is 2.68 bits per heavy atom. The molecule has 2 aromatic rings. The molecule has 0 aliphatic heterocycles. The highest BCUT2D eigenvalue weighted by molar-refractivity contribution is 9.10. The van der Waals surface area contributed by atoms with Crippen LogP contribution < -0.4 is 5.73 Å². The first-order chi connectivity index (χ1) is 9.09. The molecule has 0 radical (unpaired) electrons. The Kier molecular flexibility index (Phi) is 4.45. The molecule has 0 aromatic heterocycles. The van der Waals surface area contributed by atoms with E-state index in [2.05, 4.69) is 15.9 Å². The van der Waals surface area contributed by atoms with Crippen LogP contribution in [0, 0.1) is 0 Å². The first-order valence-electron chi connectivity index (χ1n) is 5.54. The van der Waals surface area contributed by atoms with E-state index in [4.69, 9.17) is 22.1 Å². The molecule has 0 fully saturated rings. The van der Waals surface area contributed by atoms with E-state index in [-0.39, 0.29) is 17.2 Å². The van der Waals surface area contributed by atoms with Gasteiger partial charge in [0.25, 0.3) is 0 Å². The number of nitrogens with two attached hydrogens (primary N) is 1. The van der Waals surface area contributed by atoms with Crippen molar-refractivity contribution in [2.24, 2.45) is 0 Å². The quantitative estimate of drug-likeness (QED) is 0.677. The van der Waals surface area contributed by atoms with E-state index in [9.17, 15) is 4.79 Å². The summed E-state index contributed by atoms with van der Waals surface area (Å²) in [7, 11) is 0. The van der Waals surface area contributed by atoms with E-state index in [1.807, 2.05) is 24.3 Å². The fourth-order valence-electron chi connectivity index (χ4n) is 1.54. The molecule has 0 bridgehead atoms. The minimum absolute atomic E-state index is 0.172. The Hall–Kier alpha value is -1.52. The molecule has 2 aromatic carbocycles. The molecule has 0 amide bonds. The van der Waals surface area contributed by atoms with Gasteiger partial charge in [0.2, 0.25) is 0 Å². The van der Waals surface area contributed by atoms with Crippen molar-refractivity contribution in [3.05, 3.63) is 63.1 Å². The molecule has 0 aliphatic rings. The molecular formula is C14H11BrClNO2. The Morgan fingerprint density at radius 2 is 1.95 bits per heavy atom. The number of benzene rings is 2. The fourth-order valence-corrected chi connectivity index (χ4v) is 2.15. The smallest absolute Gasteiger partial charge is 0.340 e. The average molecular weight is 341 g/mol. The van der Waals surface area contributed by atoms with Gasteiger partial charge in [-0.3, -0.25) is 0 Å². The van der Waals surface area contributed by atoms with Gasteiger partial charge in [0.1, 0.15) is 6.61 Å². The van der Waals surface area contributed by atoms with Gasteiger partial charge in [0, 0.05) is 10.0 Å². The van der Waals surface area contributed by atoms with Gasteiger partial charge < -0.3 is 10.5 Å². The fraction of sp³-hybridized carbons (Fsp3) is 0.0714. The van der Waals surface area contributed by atoms with Crippen molar-refractivity contribution in [3.63, 3.8) is 0 Å². The van der Waals surface area contributed by atoms with Crippen LogP contribution in [0.4, 0.5) is 5.69 Å². The number of rotatable bonds is 3. The van der Waals surface area contributed by atoms with Crippen LogP contribution in [0.5, 0.6) is 0 Å². The van der Waals surface area contributed by atoms with Crippen molar-refractivity contribution in [1.82, 2.24) is 0 Å². The number of carbonyl (C=O) groups excluding carboxylic acids is 1. The molecule has 0 saturated heterocycles. The monoisotopic (exact) mass is 339 g/mol. The van der Waals surface area contributed by atoms with Crippen molar-refractivity contribution >= 4 is 39.2 Å². The number of esters is 1.